The summed E-state index contributed by atoms with van der Waals surface area (Å²) in [7, 11) is 0. The van der Waals surface area contributed by atoms with Crippen LogP contribution in [0.15, 0.2) is 21.8 Å². The Bertz CT molecular complexity index is 237. The highest BCUT2D eigenvalue weighted by atomic mass is 79.9. The largest absolute Gasteiger partial charge is 0.249 e. The predicted molar refractivity (Wildman–Crippen MR) is 48.5 cm³/mol. The monoisotopic (exact) mass is 217 g/mol. The average Bonchev–Trinajstić information content (AvgIpc) is 1.95. The first kappa shape index (κ1) is 8.08. The zero-order valence-corrected chi connectivity index (χ0v) is 8.29. The van der Waals surface area contributed by atoms with Crippen LogP contribution in [0.25, 0.3) is 0 Å². The molecule has 0 saturated heterocycles. The fourth-order valence-corrected chi connectivity index (χ4v) is 1.88. The van der Waals surface area contributed by atoms with E-state index in [2.05, 4.69) is 27.8 Å². The van der Waals surface area contributed by atoms with Crippen molar-refractivity contribution in [3.63, 3.8) is 0 Å². The summed E-state index contributed by atoms with van der Waals surface area (Å²) in [6.45, 7) is 2.06. The quantitative estimate of drug-likeness (QED) is 0.672. The second-order valence-electron chi connectivity index (χ2n) is 1.95. The van der Waals surface area contributed by atoms with Crippen molar-refractivity contribution < 1.29 is 0 Å². The maximum absolute atomic E-state index is 4.17. The molecule has 0 aliphatic carbocycles. The van der Waals surface area contributed by atoms with Crippen LogP contribution in [-0.4, -0.2) is 11.2 Å². The molecular weight excluding hydrogens is 210 g/mol. The number of pyridine rings is 1. The summed E-state index contributed by atoms with van der Waals surface area (Å²) in [5.74, 6) is 0. The lowest BCUT2D eigenvalue weighted by Gasteiger charge is -2.00. The molecule has 1 heterocycles. The molecule has 0 spiro atoms. The van der Waals surface area contributed by atoms with E-state index in [4.69, 9.17) is 0 Å². The van der Waals surface area contributed by atoms with Crippen LogP contribution in [0.2, 0.25) is 0 Å². The molecule has 0 radical (unpaired) electrons. The molecule has 0 atom stereocenters. The summed E-state index contributed by atoms with van der Waals surface area (Å²) in [6, 6.07) is 1.99. The molecule has 1 nitrogen and oxygen atoms in total. The molecule has 0 amide bonds. The molecule has 0 bridgehead atoms. The summed E-state index contributed by atoms with van der Waals surface area (Å²) in [6.07, 6.45) is 3.85. The second-order valence-corrected chi connectivity index (χ2v) is 3.54. The number of rotatable bonds is 1. The number of hydrogen-bond donors (Lipinski definition) is 0. The lowest BCUT2D eigenvalue weighted by Crippen LogP contribution is -1.82. The molecule has 0 aromatic carbocycles. The molecule has 1 aromatic rings. The maximum atomic E-state index is 4.17. The van der Waals surface area contributed by atoms with Crippen molar-refractivity contribution in [2.45, 2.75) is 11.9 Å². The fourth-order valence-electron chi connectivity index (χ4n) is 0.658. The van der Waals surface area contributed by atoms with Gasteiger partial charge in [0.1, 0.15) is 5.03 Å². The van der Waals surface area contributed by atoms with E-state index < -0.39 is 0 Å². The van der Waals surface area contributed by atoms with Crippen LogP contribution in [0.4, 0.5) is 0 Å². The SMILES string of the molecule is CSc1nccc(C)c1Br. The zero-order chi connectivity index (χ0) is 7.56. The fraction of sp³-hybridized carbons (Fsp3) is 0.286. The molecule has 1 aromatic heterocycles. The number of aryl methyl sites for hydroxylation is 1. The summed E-state index contributed by atoms with van der Waals surface area (Å²) >= 11 is 5.11. The Morgan fingerprint density at radius 3 is 2.80 bits per heavy atom. The van der Waals surface area contributed by atoms with E-state index >= 15 is 0 Å². The molecule has 0 unspecified atom stereocenters. The highest BCUT2D eigenvalue weighted by molar-refractivity contribution is 9.10. The van der Waals surface area contributed by atoms with E-state index in [0.29, 0.717) is 0 Å². The number of halogens is 1. The van der Waals surface area contributed by atoms with Gasteiger partial charge < -0.3 is 0 Å². The summed E-state index contributed by atoms with van der Waals surface area (Å²) in [4.78, 5) is 4.17. The van der Waals surface area contributed by atoms with Gasteiger partial charge in [0.2, 0.25) is 0 Å². The Balaban J connectivity index is 3.14. The van der Waals surface area contributed by atoms with E-state index in [0.717, 1.165) is 9.50 Å². The number of hydrogen-bond acceptors (Lipinski definition) is 2. The van der Waals surface area contributed by atoms with E-state index in [-0.39, 0.29) is 0 Å². The molecule has 0 fully saturated rings. The van der Waals surface area contributed by atoms with Gasteiger partial charge in [0.25, 0.3) is 0 Å². The molecule has 3 heteroatoms. The van der Waals surface area contributed by atoms with Crippen LogP contribution in [0, 0.1) is 6.92 Å². The van der Waals surface area contributed by atoms with Crippen molar-refractivity contribution in [3.05, 3.63) is 22.3 Å². The van der Waals surface area contributed by atoms with Gasteiger partial charge in [-0.1, -0.05) is 0 Å². The molecule has 0 N–H and O–H groups in total. The minimum absolute atomic E-state index is 1.06. The molecular formula is C7H8BrNS. The minimum atomic E-state index is 1.06. The van der Waals surface area contributed by atoms with Gasteiger partial charge in [0.15, 0.2) is 0 Å². The van der Waals surface area contributed by atoms with Crippen molar-refractivity contribution in [1.82, 2.24) is 4.98 Å². The van der Waals surface area contributed by atoms with Crippen LogP contribution in [-0.2, 0) is 0 Å². The van der Waals surface area contributed by atoms with Crippen LogP contribution in [0.5, 0.6) is 0 Å². The van der Waals surface area contributed by atoms with Gasteiger partial charge in [-0.2, -0.15) is 0 Å². The lowest BCUT2D eigenvalue weighted by atomic mass is 10.3. The third-order valence-corrected chi connectivity index (χ3v) is 3.20. The van der Waals surface area contributed by atoms with Gasteiger partial charge in [-0.25, -0.2) is 4.98 Å². The molecule has 10 heavy (non-hydrogen) atoms. The minimum Gasteiger partial charge on any atom is -0.249 e. The smallest absolute Gasteiger partial charge is 0.110 e. The van der Waals surface area contributed by atoms with Crippen LogP contribution < -0.4 is 0 Å². The molecule has 0 aliphatic rings. The van der Waals surface area contributed by atoms with E-state index in [1.54, 1.807) is 11.8 Å². The van der Waals surface area contributed by atoms with Crippen molar-refractivity contribution in [3.8, 4) is 0 Å². The Kier molecular flexibility index (Phi) is 2.74. The highest BCUT2D eigenvalue weighted by Gasteiger charge is 2.00. The Hall–Kier alpha value is -0.0200. The molecule has 0 aliphatic heterocycles. The molecule has 54 valence electrons. The number of thioether (sulfide) groups is 1. The third-order valence-electron chi connectivity index (χ3n) is 1.24. The van der Waals surface area contributed by atoms with Gasteiger partial charge in [0.05, 0.1) is 4.47 Å². The maximum Gasteiger partial charge on any atom is 0.110 e. The summed E-state index contributed by atoms with van der Waals surface area (Å²) in [5.41, 5.74) is 1.24. The molecule has 1 rings (SSSR count). The lowest BCUT2D eigenvalue weighted by molar-refractivity contribution is 1.09. The average molecular weight is 218 g/mol. The van der Waals surface area contributed by atoms with Gasteiger partial charge in [-0.3, -0.25) is 0 Å². The summed E-state index contributed by atoms with van der Waals surface area (Å²) < 4.78 is 1.11. The first-order chi connectivity index (χ1) is 4.75. The van der Waals surface area contributed by atoms with E-state index in [1.807, 2.05) is 18.5 Å². The topological polar surface area (TPSA) is 12.9 Å². The Labute approximate surface area is 73.4 Å². The van der Waals surface area contributed by atoms with Crippen molar-refractivity contribution >= 4 is 27.7 Å². The summed E-state index contributed by atoms with van der Waals surface area (Å²) in [5, 5.41) is 1.06. The van der Waals surface area contributed by atoms with Crippen LogP contribution in [0.1, 0.15) is 5.56 Å². The van der Waals surface area contributed by atoms with Gasteiger partial charge >= 0.3 is 0 Å². The Morgan fingerprint density at radius 1 is 1.60 bits per heavy atom. The normalized spacial score (nSPS) is 9.90. The molecule has 0 saturated carbocycles. The highest BCUT2D eigenvalue weighted by Crippen LogP contribution is 2.25. The third kappa shape index (κ3) is 1.52. The van der Waals surface area contributed by atoms with Gasteiger partial charge in [-0.05, 0) is 40.7 Å². The van der Waals surface area contributed by atoms with Crippen molar-refractivity contribution in [2.24, 2.45) is 0 Å². The van der Waals surface area contributed by atoms with E-state index in [1.165, 1.54) is 5.56 Å². The van der Waals surface area contributed by atoms with Gasteiger partial charge in [-0.15, -0.1) is 11.8 Å². The Morgan fingerprint density at radius 2 is 2.30 bits per heavy atom. The van der Waals surface area contributed by atoms with Gasteiger partial charge in [0, 0.05) is 6.20 Å². The number of aromatic nitrogens is 1. The first-order valence-corrected chi connectivity index (χ1v) is 4.92. The standard InChI is InChI=1S/C7H8BrNS/c1-5-3-4-9-7(10-2)6(5)8/h3-4H,1-2H3. The van der Waals surface area contributed by atoms with E-state index in [9.17, 15) is 0 Å². The van der Waals surface area contributed by atoms with Crippen molar-refractivity contribution in [1.29, 1.82) is 0 Å². The zero-order valence-electron chi connectivity index (χ0n) is 5.89. The second kappa shape index (κ2) is 3.39. The predicted octanol–water partition coefficient (Wildman–Crippen LogP) is 2.87. The van der Waals surface area contributed by atoms with Crippen LogP contribution in [0.3, 0.4) is 0 Å². The number of nitrogens with zero attached hydrogens (tertiary/aromatic N) is 1. The first-order valence-electron chi connectivity index (χ1n) is 2.91. The van der Waals surface area contributed by atoms with Crippen LogP contribution >= 0.6 is 27.7 Å². The van der Waals surface area contributed by atoms with Crippen molar-refractivity contribution in [2.75, 3.05) is 6.26 Å².